The maximum Gasteiger partial charge on any atom is 0.0319 e. The van der Waals surface area contributed by atoms with E-state index in [4.69, 9.17) is 15.3 Å². The summed E-state index contributed by atoms with van der Waals surface area (Å²) in [6.45, 7) is 6.25. The second kappa shape index (κ2) is 72.4. The van der Waals surface area contributed by atoms with Gasteiger partial charge >= 0.3 is 0 Å². The Balaban J connectivity index is -0.0000000152. The SMILES string of the molecule is CO.CO.CO.C[C-](C)C.[Zr]. The first-order valence-electron chi connectivity index (χ1n) is 2.84. The summed E-state index contributed by atoms with van der Waals surface area (Å²) in [5.41, 5.74) is 0. The van der Waals surface area contributed by atoms with Gasteiger partial charge in [-0.15, -0.1) is 0 Å². The number of hydrogen-bond donors (Lipinski definition) is 3. The van der Waals surface area contributed by atoms with E-state index in [1.165, 1.54) is 5.92 Å². The van der Waals surface area contributed by atoms with Crippen LogP contribution in [-0.2, 0) is 26.2 Å². The minimum Gasteiger partial charge on any atom is -0.400 e. The number of rotatable bonds is 0. The van der Waals surface area contributed by atoms with E-state index in [1.807, 2.05) is 0 Å². The van der Waals surface area contributed by atoms with Crippen LogP contribution in [0.4, 0.5) is 0 Å². The minimum atomic E-state index is 0. The quantitative estimate of drug-likeness (QED) is 0.542. The average Bonchev–Trinajstić information content (AvgIpc) is 1.98. The zero-order valence-electron chi connectivity index (χ0n) is 8.34. The molecule has 0 aromatic rings. The summed E-state index contributed by atoms with van der Waals surface area (Å²) in [5, 5.41) is 21.0. The van der Waals surface area contributed by atoms with Gasteiger partial charge < -0.3 is 21.2 Å². The molecule has 0 bridgehead atoms. The third kappa shape index (κ3) is 1420. The largest absolute Gasteiger partial charge is 0.400 e. The van der Waals surface area contributed by atoms with E-state index in [1.54, 1.807) is 0 Å². The second-order valence-electron chi connectivity index (χ2n) is 1.50. The molecule has 3 nitrogen and oxygen atoms in total. The molecule has 0 aliphatic carbocycles. The van der Waals surface area contributed by atoms with Gasteiger partial charge in [-0.1, -0.05) is 0 Å². The molecule has 0 saturated heterocycles. The van der Waals surface area contributed by atoms with Crippen LogP contribution in [0.1, 0.15) is 20.8 Å². The van der Waals surface area contributed by atoms with Crippen LogP contribution in [0.15, 0.2) is 0 Å². The molecule has 0 atom stereocenters. The molecule has 3 N–H and O–H groups in total. The Morgan fingerprint density at radius 1 is 0.636 bits per heavy atom. The topological polar surface area (TPSA) is 60.7 Å². The van der Waals surface area contributed by atoms with Gasteiger partial charge in [0.05, 0.1) is 0 Å². The zero-order chi connectivity index (χ0) is 9.58. The van der Waals surface area contributed by atoms with Crippen molar-refractivity contribution in [3.05, 3.63) is 5.92 Å². The molecule has 0 heterocycles. The van der Waals surface area contributed by atoms with E-state index in [-0.39, 0.29) is 26.2 Å². The van der Waals surface area contributed by atoms with Crippen molar-refractivity contribution in [2.75, 3.05) is 21.3 Å². The zero-order valence-corrected chi connectivity index (χ0v) is 10.8. The Hall–Kier alpha value is 0.763. The first kappa shape index (κ1) is 29.8. The van der Waals surface area contributed by atoms with Crippen LogP contribution in [0.5, 0.6) is 0 Å². The molecular formula is C7H21O3Zr-. The third-order valence-corrected chi connectivity index (χ3v) is 0. The third-order valence-electron chi connectivity index (χ3n) is 0. The van der Waals surface area contributed by atoms with Gasteiger partial charge in [-0.25, -0.2) is 0 Å². The Morgan fingerprint density at radius 3 is 0.636 bits per heavy atom. The summed E-state index contributed by atoms with van der Waals surface area (Å²) < 4.78 is 0. The van der Waals surface area contributed by atoms with Crippen LogP contribution in [0.25, 0.3) is 0 Å². The molecular weight excluding hydrogens is 223 g/mol. The van der Waals surface area contributed by atoms with Gasteiger partial charge in [-0.2, -0.15) is 20.8 Å². The summed E-state index contributed by atoms with van der Waals surface area (Å²) in [7, 11) is 3.00. The molecule has 0 fully saturated rings. The Morgan fingerprint density at radius 2 is 0.636 bits per heavy atom. The van der Waals surface area contributed by atoms with Crippen molar-refractivity contribution in [3.8, 4) is 0 Å². The van der Waals surface area contributed by atoms with E-state index >= 15 is 0 Å². The van der Waals surface area contributed by atoms with Crippen molar-refractivity contribution in [2.24, 2.45) is 0 Å². The Bertz CT molecular complexity index is 18.4. The number of hydrogen-bond acceptors (Lipinski definition) is 3. The van der Waals surface area contributed by atoms with E-state index in [2.05, 4.69) is 20.8 Å². The molecule has 0 radical (unpaired) electrons. The second-order valence-corrected chi connectivity index (χ2v) is 1.50. The molecule has 0 rings (SSSR count). The molecule has 0 spiro atoms. The van der Waals surface area contributed by atoms with Crippen LogP contribution in [0.2, 0.25) is 0 Å². The first-order chi connectivity index (χ1) is 4.73. The first-order valence-corrected chi connectivity index (χ1v) is 2.84. The molecule has 4 heteroatoms. The Labute approximate surface area is 89.6 Å². The maximum atomic E-state index is 7.00. The van der Waals surface area contributed by atoms with Gasteiger partial charge in [0.25, 0.3) is 0 Å². The molecule has 0 aromatic carbocycles. The van der Waals surface area contributed by atoms with Crippen LogP contribution in [-0.4, -0.2) is 36.6 Å². The number of aliphatic hydroxyl groups excluding tert-OH is 3. The van der Waals surface area contributed by atoms with E-state index in [0.29, 0.717) is 0 Å². The minimum absolute atomic E-state index is 0. The van der Waals surface area contributed by atoms with E-state index < -0.39 is 0 Å². The standard InChI is InChI=1S/C4H9.3CH4O.Zr/c1-4(2)3;3*1-2;/h1-3H3;3*2H,1H3;/q-1;;;;. The summed E-state index contributed by atoms with van der Waals surface area (Å²) in [5.74, 6) is 1.42. The van der Waals surface area contributed by atoms with Gasteiger partial charge in [-0.3, -0.25) is 0 Å². The predicted molar refractivity (Wildman–Crippen MR) is 44.7 cm³/mol. The van der Waals surface area contributed by atoms with Gasteiger partial charge in [-0.05, 0) is 0 Å². The van der Waals surface area contributed by atoms with Crippen molar-refractivity contribution in [3.63, 3.8) is 0 Å². The van der Waals surface area contributed by atoms with Crippen LogP contribution in [0, 0.1) is 5.92 Å². The average molecular weight is 244 g/mol. The summed E-state index contributed by atoms with van der Waals surface area (Å²) >= 11 is 0. The maximum absolute atomic E-state index is 7.00. The molecule has 0 saturated carbocycles. The fourth-order valence-electron chi connectivity index (χ4n) is 0. The van der Waals surface area contributed by atoms with Gasteiger partial charge in [0, 0.05) is 47.5 Å². The van der Waals surface area contributed by atoms with E-state index in [9.17, 15) is 0 Å². The van der Waals surface area contributed by atoms with Gasteiger partial charge in [0.15, 0.2) is 0 Å². The molecule has 0 aliphatic heterocycles. The van der Waals surface area contributed by atoms with Crippen molar-refractivity contribution in [2.45, 2.75) is 20.8 Å². The predicted octanol–water partition coefficient (Wildman–Crippen LogP) is 0.444. The molecule has 0 aromatic heterocycles. The van der Waals surface area contributed by atoms with Crippen molar-refractivity contribution >= 4 is 0 Å². The smallest absolute Gasteiger partial charge is 0.0319 e. The fraction of sp³-hybridized carbons (Fsp3) is 0.857. The van der Waals surface area contributed by atoms with Gasteiger partial charge in [0.1, 0.15) is 0 Å². The molecule has 11 heavy (non-hydrogen) atoms. The monoisotopic (exact) mass is 243 g/mol. The van der Waals surface area contributed by atoms with E-state index in [0.717, 1.165) is 21.3 Å². The molecule has 0 aliphatic rings. The van der Waals surface area contributed by atoms with Crippen molar-refractivity contribution in [1.82, 2.24) is 0 Å². The summed E-state index contributed by atoms with van der Waals surface area (Å²) in [6.07, 6.45) is 0. The van der Waals surface area contributed by atoms with Gasteiger partial charge in [0.2, 0.25) is 0 Å². The van der Waals surface area contributed by atoms with Crippen LogP contribution >= 0.6 is 0 Å². The molecule has 0 amide bonds. The van der Waals surface area contributed by atoms with Crippen LogP contribution in [0.3, 0.4) is 0 Å². The molecule has 0 unspecified atom stereocenters. The van der Waals surface area contributed by atoms with Crippen molar-refractivity contribution in [1.29, 1.82) is 0 Å². The fourth-order valence-corrected chi connectivity index (χ4v) is 0. The molecule has 72 valence electrons. The normalized spacial score (nSPS) is 4.91. The Kier molecular flexibility index (Phi) is 196. The van der Waals surface area contributed by atoms with Crippen LogP contribution < -0.4 is 0 Å². The number of aliphatic hydroxyl groups is 3. The summed E-state index contributed by atoms with van der Waals surface area (Å²) in [6, 6.07) is 0. The summed E-state index contributed by atoms with van der Waals surface area (Å²) in [4.78, 5) is 0. The van der Waals surface area contributed by atoms with Crippen molar-refractivity contribution < 1.29 is 41.5 Å².